The lowest BCUT2D eigenvalue weighted by Crippen LogP contribution is -2.54. The van der Waals surface area contributed by atoms with Crippen molar-refractivity contribution in [2.75, 3.05) is 13.1 Å². The highest BCUT2D eigenvalue weighted by Gasteiger charge is 2.45. The lowest BCUT2D eigenvalue weighted by Gasteiger charge is -2.46. The summed E-state index contributed by atoms with van der Waals surface area (Å²) in [6.07, 6.45) is 4.04. The molecule has 0 saturated carbocycles. The van der Waals surface area contributed by atoms with Gasteiger partial charge in [0.15, 0.2) is 7.28 Å². The quantitative estimate of drug-likeness (QED) is 0.585. The molecular formula is C8H15BNO. The zero-order chi connectivity index (χ0) is 7.73. The van der Waals surface area contributed by atoms with Crippen LogP contribution in [0.1, 0.15) is 19.8 Å². The largest absolute Gasteiger partial charge is 0.379 e. The molecule has 11 heavy (non-hydrogen) atoms. The van der Waals surface area contributed by atoms with Gasteiger partial charge < -0.3 is 10.1 Å². The summed E-state index contributed by atoms with van der Waals surface area (Å²) in [4.78, 5) is 0. The third-order valence-corrected chi connectivity index (χ3v) is 2.65. The second-order valence-electron chi connectivity index (χ2n) is 3.58. The standard InChI is InChI=1S/C8H15BNO/c1-2-9-8-3-4-10-6-7(5-8)11-8/h7,10H,2-6H2,1H3/t7?,8-/m0/s1. The van der Waals surface area contributed by atoms with Crippen molar-refractivity contribution < 1.29 is 4.74 Å². The van der Waals surface area contributed by atoms with Gasteiger partial charge >= 0.3 is 0 Å². The Bertz CT molecular complexity index is 140. The normalized spacial score (nSPS) is 42.5. The monoisotopic (exact) mass is 152 g/mol. The van der Waals surface area contributed by atoms with Gasteiger partial charge in [-0.25, -0.2) is 0 Å². The van der Waals surface area contributed by atoms with Crippen LogP contribution in [0.5, 0.6) is 0 Å². The molecule has 61 valence electrons. The molecule has 0 amide bonds. The molecule has 1 N–H and O–H groups in total. The Morgan fingerprint density at radius 2 is 2.55 bits per heavy atom. The van der Waals surface area contributed by atoms with E-state index in [1.807, 2.05) is 0 Å². The molecule has 3 fully saturated rings. The molecule has 3 heterocycles. The van der Waals surface area contributed by atoms with Gasteiger partial charge in [0.2, 0.25) is 0 Å². The van der Waals surface area contributed by atoms with Crippen molar-refractivity contribution in [3.05, 3.63) is 0 Å². The van der Waals surface area contributed by atoms with E-state index in [0.29, 0.717) is 6.10 Å². The molecule has 2 atom stereocenters. The van der Waals surface area contributed by atoms with Crippen LogP contribution in [0.4, 0.5) is 0 Å². The molecule has 1 radical (unpaired) electrons. The summed E-state index contributed by atoms with van der Waals surface area (Å²) in [5.74, 6) is 0. The smallest absolute Gasteiger partial charge is 0.153 e. The lowest BCUT2D eigenvalue weighted by atomic mass is 9.53. The average molecular weight is 152 g/mol. The number of hydrogen-bond donors (Lipinski definition) is 1. The molecule has 0 aromatic rings. The highest BCUT2D eigenvalue weighted by Crippen LogP contribution is 2.36. The molecule has 0 aliphatic carbocycles. The van der Waals surface area contributed by atoms with E-state index in [2.05, 4.69) is 19.5 Å². The molecule has 2 bridgehead atoms. The van der Waals surface area contributed by atoms with Crippen molar-refractivity contribution in [1.29, 1.82) is 0 Å². The Morgan fingerprint density at radius 3 is 3.27 bits per heavy atom. The second kappa shape index (κ2) is 2.79. The number of nitrogens with one attached hydrogen (secondary N) is 1. The maximum absolute atomic E-state index is 5.81. The fraction of sp³-hybridized carbons (Fsp3) is 1.00. The van der Waals surface area contributed by atoms with Crippen molar-refractivity contribution in [3.63, 3.8) is 0 Å². The van der Waals surface area contributed by atoms with E-state index in [-0.39, 0.29) is 5.50 Å². The van der Waals surface area contributed by atoms with Gasteiger partial charge in [-0.15, -0.1) is 0 Å². The first kappa shape index (κ1) is 7.62. The maximum atomic E-state index is 5.81. The third-order valence-electron chi connectivity index (χ3n) is 2.65. The molecule has 3 saturated heterocycles. The van der Waals surface area contributed by atoms with Gasteiger partial charge in [-0.1, -0.05) is 13.2 Å². The van der Waals surface area contributed by atoms with E-state index in [4.69, 9.17) is 4.74 Å². The predicted molar refractivity (Wildman–Crippen MR) is 45.9 cm³/mol. The van der Waals surface area contributed by atoms with Crippen molar-refractivity contribution in [1.82, 2.24) is 5.32 Å². The SMILES string of the molecule is CC[B][C@]12CCNCC(C1)O2. The van der Waals surface area contributed by atoms with Gasteiger partial charge in [0.25, 0.3) is 0 Å². The number of rotatable bonds is 2. The summed E-state index contributed by atoms with van der Waals surface area (Å²) in [5.41, 5.74) is 0.170. The molecule has 3 aliphatic heterocycles. The van der Waals surface area contributed by atoms with Crippen molar-refractivity contribution in [2.24, 2.45) is 0 Å². The van der Waals surface area contributed by atoms with Gasteiger partial charge in [0, 0.05) is 12.0 Å². The molecule has 0 aromatic carbocycles. The zero-order valence-corrected chi connectivity index (χ0v) is 7.10. The minimum Gasteiger partial charge on any atom is -0.379 e. The van der Waals surface area contributed by atoms with Crippen molar-refractivity contribution >= 4 is 7.28 Å². The van der Waals surface area contributed by atoms with Gasteiger partial charge in [0.1, 0.15) is 0 Å². The van der Waals surface area contributed by atoms with Gasteiger partial charge in [0.05, 0.1) is 6.10 Å². The number of hydrogen-bond acceptors (Lipinski definition) is 2. The number of ether oxygens (including phenoxy) is 1. The van der Waals surface area contributed by atoms with E-state index in [0.717, 1.165) is 25.8 Å². The highest BCUT2D eigenvalue weighted by atomic mass is 16.5. The minimum absolute atomic E-state index is 0.170. The topological polar surface area (TPSA) is 21.3 Å². The van der Waals surface area contributed by atoms with Crippen LogP contribution in [-0.2, 0) is 4.74 Å². The Balaban J connectivity index is 1.94. The summed E-state index contributed by atoms with van der Waals surface area (Å²) in [5, 5.41) is 3.38. The molecule has 3 aliphatic rings. The molecule has 3 rings (SSSR count). The van der Waals surface area contributed by atoms with E-state index in [1.165, 1.54) is 6.42 Å². The molecule has 3 heteroatoms. The van der Waals surface area contributed by atoms with Crippen LogP contribution in [0, 0.1) is 0 Å². The molecule has 0 spiro atoms. The Kier molecular flexibility index (Phi) is 1.94. The lowest BCUT2D eigenvalue weighted by molar-refractivity contribution is -0.145. The molecule has 1 unspecified atom stereocenters. The Hall–Kier alpha value is -0.0151. The Labute approximate surface area is 68.9 Å². The third kappa shape index (κ3) is 1.32. The molecular weight excluding hydrogens is 137 g/mol. The van der Waals surface area contributed by atoms with Crippen LogP contribution in [0.25, 0.3) is 0 Å². The minimum atomic E-state index is 0.170. The summed E-state index contributed by atoms with van der Waals surface area (Å²) in [7, 11) is 2.33. The van der Waals surface area contributed by atoms with E-state index in [9.17, 15) is 0 Å². The Morgan fingerprint density at radius 1 is 1.73 bits per heavy atom. The van der Waals surface area contributed by atoms with Gasteiger partial charge in [-0.05, 0) is 19.4 Å². The van der Waals surface area contributed by atoms with Crippen molar-refractivity contribution in [2.45, 2.75) is 37.7 Å². The second-order valence-corrected chi connectivity index (χ2v) is 3.58. The van der Waals surface area contributed by atoms with E-state index in [1.54, 1.807) is 0 Å². The van der Waals surface area contributed by atoms with Gasteiger partial charge in [-0.2, -0.15) is 0 Å². The summed E-state index contributed by atoms with van der Waals surface area (Å²) >= 11 is 0. The first-order valence-corrected chi connectivity index (χ1v) is 4.57. The highest BCUT2D eigenvalue weighted by molar-refractivity contribution is 6.39. The average Bonchev–Trinajstić information content (AvgIpc) is 2.19. The summed E-state index contributed by atoms with van der Waals surface area (Å²) < 4.78 is 5.81. The van der Waals surface area contributed by atoms with E-state index < -0.39 is 0 Å². The van der Waals surface area contributed by atoms with Crippen LogP contribution in [0.2, 0.25) is 6.32 Å². The van der Waals surface area contributed by atoms with Crippen LogP contribution >= 0.6 is 0 Å². The molecule has 0 aromatic heterocycles. The van der Waals surface area contributed by atoms with Crippen LogP contribution in [-0.4, -0.2) is 32.0 Å². The van der Waals surface area contributed by atoms with E-state index >= 15 is 0 Å². The zero-order valence-electron chi connectivity index (χ0n) is 7.10. The molecule has 2 nitrogen and oxygen atoms in total. The van der Waals surface area contributed by atoms with Crippen LogP contribution in [0.3, 0.4) is 0 Å². The fourth-order valence-electron chi connectivity index (χ4n) is 2.15. The van der Waals surface area contributed by atoms with Crippen molar-refractivity contribution in [3.8, 4) is 0 Å². The van der Waals surface area contributed by atoms with Crippen LogP contribution < -0.4 is 5.32 Å². The number of fused-ring (bicyclic) bond motifs is 3. The van der Waals surface area contributed by atoms with Crippen LogP contribution in [0.15, 0.2) is 0 Å². The van der Waals surface area contributed by atoms with Gasteiger partial charge in [-0.3, -0.25) is 0 Å². The summed E-state index contributed by atoms with van der Waals surface area (Å²) in [6.45, 7) is 4.36. The predicted octanol–water partition coefficient (Wildman–Crippen LogP) is 0.607. The summed E-state index contributed by atoms with van der Waals surface area (Å²) in [6, 6.07) is 0. The first-order valence-electron chi connectivity index (χ1n) is 4.57. The first-order chi connectivity index (χ1) is 5.35. The maximum Gasteiger partial charge on any atom is 0.153 e. The fourth-order valence-corrected chi connectivity index (χ4v) is 2.15.